The zero-order valence-electron chi connectivity index (χ0n) is 16.6. The molecule has 1 N–H and O–H groups in total. The van der Waals surface area contributed by atoms with Crippen molar-refractivity contribution in [1.82, 2.24) is 24.6 Å². The second kappa shape index (κ2) is 8.37. The maximum Gasteiger partial charge on any atom is 0.220 e. The van der Waals surface area contributed by atoms with Crippen LogP contribution in [0.25, 0.3) is 11.0 Å². The van der Waals surface area contributed by atoms with E-state index in [1.807, 2.05) is 35.1 Å². The number of amides is 1. The summed E-state index contributed by atoms with van der Waals surface area (Å²) in [5.74, 6) is 1.24. The molecule has 0 aliphatic heterocycles. The molecule has 0 aliphatic rings. The van der Waals surface area contributed by atoms with Crippen molar-refractivity contribution in [1.29, 1.82) is 0 Å². The molecule has 0 saturated carbocycles. The van der Waals surface area contributed by atoms with E-state index in [0.717, 1.165) is 29.8 Å². The topological polar surface area (TPSA) is 64.7 Å². The van der Waals surface area contributed by atoms with E-state index in [2.05, 4.69) is 48.7 Å². The van der Waals surface area contributed by atoms with E-state index < -0.39 is 0 Å². The van der Waals surface area contributed by atoms with Gasteiger partial charge in [-0.05, 0) is 44.4 Å². The minimum atomic E-state index is -0.114. The summed E-state index contributed by atoms with van der Waals surface area (Å²) in [6.07, 6.45) is 4.91. The highest BCUT2D eigenvalue weighted by Crippen LogP contribution is 2.28. The van der Waals surface area contributed by atoms with Gasteiger partial charge in [0.15, 0.2) is 0 Å². The lowest BCUT2D eigenvalue weighted by Crippen LogP contribution is -2.34. The van der Waals surface area contributed by atoms with Gasteiger partial charge < -0.3 is 9.88 Å². The van der Waals surface area contributed by atoms with Gasteiger partial charge in [-0.15, -0.1) is 0 Å². The van der Waals surface area contributed by atoms with Gasteiger partial charge in [-0.2, -0.15) is 5.10 Å². The number of nitrogens with zero attached hydrogens (tertiary/aromatic N) is 4. The third-order valence-corrected chi connectivity index (χ3v) is 4.75. The van der Waals surface area contributed by atoms with Crippen LogP contribution in [-0.2, 0) is 11.3 Å². The summed E-state index contributed by atoms with van der Waals surface area (Å²) in [5, 5.41) is 7.39. The number of hydrogen-bond donors (Lipinski definition) is 1. The number of benzene rings is 1. The van der Waals surface area contributed by atoms with Gasteiger partial charge in [-0.3, -0.25) is 9.48 Å². The van der Waals surface area contributed by atoms with Crippen LogP contribution in [0.4, 0.5) is 0 Å². The first-order valence-electron chi connectivity index (χ1n) is 9.71. The highest BCUT2D eigenvalue weighted by Gasteiger charge is 2.25. The lowest BCUT2D eigenvalue weighted by Gasteiger charge is -2.25. The van der Waals surface area contributed by atoms with Gasteiger partial charge in [0.25, 0.3) is 0 Å². The monoisotopic (exact) mass is 367 g/mol. The Balaban J connectivity index is 1.76. The first-order chi connectivity index (χ1) is 13.0. The Morgan fingerprint density at radius 3 is 2.59 bits per heavy atom. The quantitative estimate of drug-likeness (QED) is 0.652. The van der Waals surface area contributed by atoms with Crippen LogP contribution in [0.15, 0.2) is 42.7 Å². The SMILES string of the molecule is CC(C)C(NC(=O)CCCn1cccn1)c1nc2ccccc2n1C(C)C. The van der Waals surface area contributed by atoms with Crippen molar-refractivity contribution in [2.24, 2.45) is 5.92 Å². The van der Waals surface area contributed by atoms with E-state index >= 15 is 0 Å². The third kappa shape index (κ3) is 4.38. The third-order valence-electron chi connectivity index (χ3n) is 4.75. The Morgan fingerprint density at radius 1 is 1.15 bits per heavy atom. The summed E-state index contributed by atoms with van der Waals surface area (Å²) in [5.41, 5.74) is 2.08. The zero-order chi connectivity index (χ0) is 19.4. The van der Waals surface area contributed by atoms with Gasteiger partial charge in [0, 0.05) is 31.4 Å². The first-order valence-corrected chi connectivity index (χ1v) is 9.71. The molecule has 0 radical (unpaired) electrons. The summed E-state index contributed by atoms with van der Waals surface area (Å²) < 4.78 is 4.09. The Kier molecular flexibility index (Phi) is 5.94. The van der Waals surface area contributed by atoms with E-state index in [-0.39, 0.29) is 23.9 Å². The fourth-order valence-corrected chi connectivity index (χ4v) is 3.43. The number of para-hydroxylation sites is 2. The lowest BCUT2D eigenvalue weighted by atomic mass is 10.0. The van der Waals surface area contributed by atoms with Crippen LogP contribution in [0.2, 0.25) is 0 Å². The van der Waals surface area contributed by atoms with E-state index in [0.29, 0.717) is 6.42 Å². The molecule has 0 fully saturated rings. The van der Waals surface area contributed by atoms with E-state index in [1.165, 1.54) is 0 Å². The molecule has 0 spiro atoms. The van der Waals surface area contributed by atoms with Crippen molar-refractivity contribution in [3.63, 3.8) is 0 Å². The van der Waals surface area contributed by atoms with Gasteiger partial charge in [-0.1, -0.05) is 26.0 Å². The van der Waals surface area contributed by atoms with Crippen LogP contribution in [0.3, 0.4) is 0 Å². The molecule has 6 nitrogen and oxygen atoms in total. The lowest BCUT2D eigenvalue weighted by molar-refractivity contribution is -0.122. The van der Waals surface area contributed by atoms with Crippen molar-refractivity contribution in [3.05, 3.63) is 48.5 Å². The Morgan fingerprint density at radius 2 is 1.93 bits per heavy atom. The highest BCUT2D eigenvalue weighted by atomic mass is 16.1. The van der Waals surface area contributed by atoms with Crippen LogP contribution < -0.4 is 5.32 Å². The molecule has 3 aromatic rings. The van der Waals surface area contributed by atoms with Crippen LogP contribution in [0.5, 0.6) is 0 Å². The maximum atomic E-state index is 12.6. The number of carbonyl (C=O) groups is 1. The molecule has 0 saturated heterocycles. The van der Waals surface area contributed by atoms with Gasteiger partial charge >= 0.3 is 0 Å². The molecule has 0 bridgehead atoms. The Bertz CT molecular complexity index is 879. The molecule has 2 heterocycles. The van der Waals surface area contributed by atoms with Gasteiger partial charge in [0.2, 0.25) is 5.91 Å². The molecule has 144 valence electrons. The number of hydrogen-bond acceptors (Lipinski definition) is 3. The van der Waals surface area contributed by atoms with Crippen LogP contribution in [-0.4, -0.2) is 25.2 Å². The molecular weight excluding hydrogens is 338 g/mol. The van der Waals surface area contributed by atoms with Gasteiger partial charge in [0.05, 0.1) is 17.1 Å². The fourth-order valence-electron chi connectivity index (χ4n) is 3.43. The van der Waals surface area contributed by atoms with Crippen molar-refractivity contribution < 1.29 is 4.79 Å². The standard InChI is InChI=1S/C21H29N5O/c1-15(2)20(24-19(27)11-7-13-25-14-8-12-22-25)21-23-17-9-5-6-10-18(17)26(21)16(3)4/h5-6,8-10,12,14-16,20H,7,11,13H2,1-4H3,(H,24,27). The van der Waals surface area contributed by atoms with Gasteiger partial charge in [0.1, 0.15) is 5.82 Å². The average molecular weight is 367 g/mol. The highest BCUT2D eigenvalue weighted by molar-refractivity contribution is 5.78. The molecule has 0 aliphatic carbocycles. The smallest absolute Gasteiger partial charge is 0.220 e. The number of rotatable bonds is 8. The average Bonchev–Trinajstić information content (AvgIpc) is 3.26. The number of carbonyl (C=O) groups excluding carboxylic acids is 1. The van der Waals surface area contributed by atoms with Gasteiger partial charge in [-0.25, -0.2) is 4.98 Å². The van der Waals surface area contributed by atoms with Crippen molar-refractivity contribution in [2.45, 2.75) is 59.2 Å². The van der Waals surface area contributed by atoms with E-state index in [1.54, 1.807) is 6.20 Å². The number of nitrogens with one attached hydrogen (secondary N) is 1. The number of imidazole rings is 1. The van der Waals surface area contributed by atoms with E-state index in [9.17, 15) is 4.79 Å². The summed E-state index contributed by atoms with van der Waals surface area (Å²) in [6, 6.07) is 10.2. The Labute approximate surface area is 160 Å². The van der Waals surface area contributed by atoms with Crippen LogP contribution in [0, 0.1) is 5.92 Å². The van der Waals surface area contributed by atoms with Crippen molar-refractivity contribution >= 4 is 16.9 Å². The molecule has 1 aromatic carbocycles. The van der Waals surface area contributed by atoms with Crippen molar-refractivity contribution in [3.8, 4) is 0 Å². The van der Waals surface area contributed by atoms with E-state index in [4.69, 9.17) is 4.98 Å². The molecular formula is C21H29N5O. The maximum absolute atomic E-state index is 12.6. The van der Waals surface area contributed by atoms with Crippen LogP contribution >= 0.6 is 0 Å². The fraction of sp³-hybridized carbons (Fsp3) is 0.476. The second-order valence-corrected chi connectivity index (χ2v) is 7.58. The summed E-state index contributed by atoms with van der Waals surface area (Å²) in [6.45, 7) is 9.30. The number of aryl methyl sites for hydroxylation is 1. The molecule has 1 atom stereocenters. The Hall–Kier alpha value is -2.63. The predicted molar refractivity (Wildman–Crippen MR) is 107 cm³/mol. The molecule has 3 rings (SSSR count). The summed E-state index contributed by atoms with van der Waals surface area (Å²) in [7, 11) is 0. The molecule has 1 unspecified atom stereocenters. The molecule has 2 aromatic heterocycles. The largest absolute Gasteiger partial charge is 0.346 e. The number of fused-ring (bicyclic) bond motifs is 1. The zero-order valence-corrected chi connectivity index (χ0v) is 16.6. The molecule has 6 heteroatoms. The number of aromatic nitrogens is 4. The van der Waals surface area contributed by atoms with Crippen molar-refractivity contribution in [2.75, 3.05) is 0 Å². The summed E-state index contributed by atoms with van der Waals surface area (Å²) in [4.78, 5) is 17.4. The predicted octanol–water partition coefficient (Wildman–Crippen LogP) is 4.11. The molecule has 27 heavy (non-hydrogen) atoms. The minimum absolute atomic E-state index is 0.0585. The molecule has 1 amide bonds. The van der Waals surface area contributed by atoms with Crippen LogP contribution in [0.1, 0.15) is 58.4 Å². The minimum Gasteiger partial charge on any atom is -0.346 e. The summed E-state index contributed by atoms with van der Waals surface area (Å²) >= 11 is 0. The second-order valence-electron chi connectivity index (χ2n) is 7.58. The first kappa shape index (κ1) is 19.1. The normalized spacial score (nSPS) is 12.8.